The summed E-state index contributed by atoms with van der Waals surface area (Å²) in [6.07, 6.45) is 0. The molecule has 0 radical (unpaired) electrons. The van der Waals surface area contributed by atoms with E-state index in [0.717, 1.165) is 14.7 Å². The lowest BCUT2D eigenvalue weighted by Crippen LogP contribution is -2.03. The van der Waals surface area contributed by atoms with E-state index in [0.29, 0.717) is 5.56 Å². The van der Waals surface area contributed by atoms with Gasteiger partial charge in [0.15, 0.2) is 0 Å². The number of benzene rings is 8. The molecule has 3 aromatic heterocycles. The van der Waals surface area contributed by atoms with Gasteiger partial charge in [-0.15, -0.1) is 0 Å². The van der Waals surface area contributed by atoms with Crippen molar-refractivity contribution in [3.8, 4) is 28.2 Å². The molecule has 0 saturated carbocycles. The summed E-state index contributed by atoms with van der Waals surface area (Å²) in [6, 6.07) is -1.52. The van der Waals surface area contributed by atoms with Gasteiger partial charge in [-0.1, -0.05) is 139 Å². The van der Waals surface area contributed by atoms with Gasteiger partial charge in [-0.05, 0) is 59.5 Å². The van der Waals surface area contributed by atoms with Gasteiger partial charge < -0.3 is 13.7 Å². The number of hydrogen-bond acceptors (Lipinski definition) is 0. The van der Waals surface area contributed by atoms with Crippen LogP contribution in [0.3, 0.4) is 0 Å². The Morgan fingerprint density at radius 1 is 0.314 bits per heavy atom. The maximum Gasteiger partial charge on any atom is 0.0783 e. The number of rotatable bonds is 4. The highest BCUT2D eigenvalue weighted by atomic mass is 15.1. The van der Waals surface area contributed by atoms with Crippen LogP contribution in [0.25, 0.3) is 93.6 Å². The summed E-state index contributed by atoms with van der Waals surface area (Å²) in [4.78, 5) is 0. The Morgan fingerprint density at radius 3 is 1.25 bits per heavy atom. The van der Waals surface area contributed by atoms with E-state index in [-0.39, 0.29) is 27.5 Å². The van der Waals surface area contributed by atoms with Gasteiger partial charge >= 0.3 is 0 Å². The molecule has 51 heavy (non-hydrogen) atoms. The van der Waals surface area contributed by atoms with Crippen molar-refractivity contribution in [2.24, 2.45) is 0 Å². The third-order valence-electron chi connectivity index (χ3n) is 9.10. The average molecular weight is 672 g/mol. The first-order valence-corrected chi connectivity index (χ1v) is 15.7. The Kier molecular flexibility index (Phi) is 3.01. The van der Waals surface area contributed by atoms with E-state index in [1.165, 1.54) is 4.57 Å². The number of para-hydroxylation sites is 6. The van der Waals surface area contributed by atoms with E-state index in [1.807, 2.05) is 30.3 Å². The minimum Gasteiger partial charge on any atom is -0.307 e. The Morgan fingerprint density at radius 2 is 0.706 bits per heavy atom. The average Bonchev–Trinajstić information content (AvgIpc) is 4.05. The molecule has 11 rings (SSSR count). The van der Waals surface area contributed by atoms with E-state index >= 15 is 0 Å². The predicted octanol–water partition coefficient (Wildman–Crippen LogP) is 12.6. The fourth-order valence-electron chi connectivity index (χ4n) is 6.99. The molecule has 3 nitrogen and oxygen atoms in total. The Hall–Kier alpha value is -6.84. The smallest absolute Gasteiger partial charge is 0.0783 e. The third-order valence-corrected chi connectivity index (χ3v) is 9.10. The lowest BCUT2D eigenvalue weighted by Gasteiger charge is -2.17. The maximum atomic E-state index is 9.88. The van der Waals surface area contributed by atoms with Gasteiger partial charge in [0.1, 0.15) is 0 Å². The summed E-state index contributed by atoms with van der Waals surface area (Å²) in [5.74, 6) is 0. The molecule has 0 atom stereocenters. The highest BCUT2D eigenvalue weighted by Gasteiger charge is 2.23. The van der Waals surface area contributed by atoms with Crippen LogP contribution in [-0.2, 0) is 0 Å². The third kappa shape index (κ3) is 4.00. The molecule has 11 aromatic rings. The van der Waals surface area contributed by atoms with E-state index < -0.39 is 188 Å². The topological polar surface area (TPSA) is 14.8 Å². The van der Waals surface area contributed by atoms with Crippen LogP contribution in [0.15, 0.2) is 188 Å². The molecule has 0 amide bonds. The quantitative estimate of drug-likeness (QED) is 0.177. The van der Waals surface area contributed by atoms with Crippen LogP contribution in [0.2, 0.25) is 0 Å². The molecule has 0 N–H and O–H groups in total. The van der Waals surface area contributed by atoms with Crippen LogP contribution in [0, 0.1) is 0 Å². The molecule has 3 heterocycles. The zero-order chi connectivity index (χ0) is 52.6. The first-order valence-electron chi connectivity index (χ1n) is 26.7. The number of nitrogens with zero attached hydrogens (tertiary/aromatic N) is 3. The van der Waals surface area contributed by atoms with E-state index in [9.17, 15) is 16.4 Å². The standard InChI is InChI=1S/C48H31N3/c1-2-14-32(15-3-1)33-28-30-34(31-29-33)49-41-22-8-6-18-37(41)39-20-13-27-46(47(39)49)51-44-25-11-7-19-38(44)40-21-12-26-45(48(40)51)50-42-23-9-4-16-35(42)36-17-5-10-24-43(36)50/h1-31H/i4D,5D,6D,7D,8D,9D,10D,11D,12D,13D,16D,17D,18D,19D,20D,21D,22D,23D,24D,25D,26D,27D. The van der Waals surface area contributed by atoms with Crippen molar-refractivity contribution >= 4 is 65.4 Å². The van der Waals surface area contributed by atoms with E-state index in [2.05, 4.69) is 0 Å². The van der Waals surface area contributed by atoms with Crippen LogP contribution in [-0.4, -0.2) is 13.7 Å². The Bertz CT molecular complexity index is 4310. The van der Waals surface area contributed by atoms with Crippen LogP contribution < -0.4 is 0 Å². The first kappa shape index (κ1) is 14.2. The molecule has 0 aliphatic heterocycles. The minimum atomic E-state index is -0.918. The van der Waals surface area contributed by atoms with Crippen molar-refractivity contribution in [1.29, 1.82) is 0 Å². The van der Waals surface area contributed by atoms with Crippen molar-refractivity contribution in [2.75, 3.05) is 0 Å². The maximum absolute atomic E-state index is 9.88. The van der Waals surface area contributed by atoms with Gasteiger partial charge in [-0.2, -0.15) is 0 Å². The molecule has 0 aliphatic carbocycles. The summed E-state index contributed by atoms with van der Waals surface area (Å²) in [5, 5.41) is -2.45. The van der Waals surface area contributed by atoms with Crippen LogP contribution >= 0.6 is 0 Å². The number of aromatic nitrogens is 3. The molecule has 238 valence electrons. The van der Waals surface area contributed by atoms with Crippen molar-refractivity contribution in [3.63, 3.8) is 0 Å². The van der Waals surface area contributed by atoms with Gasteiger partial charge in [0, 0.05) is 38.0 Å². The summed E-state index contributed by atoms with van der Waals surface area (Å²) in [5.41, 5.74) is -2.19. The van der Waals surface area contributed by atoms with Crippen molar-refractivity contribution in [2.45, 2.75) is 0 Å². The highest BCUT2D eigenvalue weighted by Crippen LogP contribution is 2.43. The predicted molar refractivity (Wildman–Crippen MR) is 215 cm³/mol. The lowest BCUT2D eigenvalue weighted by atomic mass is 10.1. The molecule has 0 aliphatic rings. The summed E-state index contributed by atoms with van der Waals surface area (Å²) < 4.78 is 205. The van der Waals surface area contributed by atoms with Crippen LogP contribution in [0.5, 0.6) is 0 Å². The summed E-state index contributed by atoms with van der Waals surface area (Å²) in [7, 11) is 0. The molecule has 0 bridgehead atoms. The number of hydrogen-bond donors (Lipinski definition) is 0. The van der Waals surface area contributed by atoms with Crippen molar-refractivity contribution in [1.82, 2.24) is 13.7 Å². The van der Waals surface area contributed by atoms with Gasteiger partial charge in [-0.25, -0.2) is 0 Å². The van der Waals surface area contributed by atoms with Crippen molar-refractivity contribution in [3.05, 3.63) is 188 Å². The molecule has 0 fully saturated rings. The minimum absolute atomic E-state index is 0.176. The second-order valence-electron chi connectivity index (χ2n) is 11.7. The van der Waals surface area contributed by atoms with Crippen molar-refractivity contribution < 1.29 is 30.2 Å². The van der Waals surface area contributed by atoms with Gasteiger partial charge in [0.25, 0.3) is 0 Å². The molecule has 3 heteroatoms. The first-order chi connectivity index (χ1) is 34.5. The zero-order valence-electron chi connectivity index (χ0n) is 48.0. The summed E-state index contributed by atoms with van der Waals surface area (Å²) in [6.45, 7) is 0. The van der Waals surface area contributed by atoms with E-state index in [4.69, 9.17) is 13.7 Å². The Balaban J connectivity index is 1.50. The highest BCUT2D eigenvalue weighted by molar-refractivity contribution is 6.17. The summed E-state index contributed by atoms with van der Waals surface area (Å²) >= 11 is 0. The molecule has 0 saturated heterocycles. The monoisotopic (exact) mass is 671 g/mol. The molecular weight excluding hydrogens is 619 g/mol. The van der Waals surface area contributed by atoms with Gasteiger partial charge in [0.05, 0.1) is 74.6 Å². The van der Waals surface area contributed by atoms with E-state index in [1.54, 1.807) is 24.3 Å². The fraction of sp³-hybridized carbons (Fsp3) is 0. The zero-order valence-corrected chi connectivity index (χ0v) is 26.0. The van der Waals surface area contributed by atoms with Gasteiger partial charge in [0.2, 0.25) is 0 Å². The Labute approximate surface area is 325 Å². The molecule has 0 spiro atoms. The molecule has 0 unspecified atom stereocenters. The van der Waals surface area contributed by atoms with Gasteiger partial charge in [-0.3, -0.25) is 0 Å². The normalized spacial score (nSPS) is 18.0. The lowest BCUT2D eigenvalue weighted by molar-refractivity contribution is 1.11. The molecule has 8 aromatic carbocycles. The fourth-order valence-corrected chi connectivity index (χ4v) is 6.99. The largest absolute Gasteiger partial charge is 0.307 e. The SMILES string of the molecule is [2H]c1c([2H])c([2H])c2c(c1[2H])c1c([2H])c([2H])c([2H])c(-n3c4c([2H])c([2H])c([2H])c([2H])c4c4c([2H])c([2H])c([2H])c(-n5c6c([2H])c([2H])c([2H])c([2H])c6c6c([2H])c([2H])c([2H])c([2H])c65)c43)c1n2-c1ccc(-c2ccccc2)cc1. The van der Waals surface area contributed by atoms with Crippen LogP contribution in [0.1, 0.15) is 30.2 Å². The second-order valence-corrected chi connectivity index (χ2v) is 11.7. The second kappa shape index (κ2) is 10.8. The van der Waals surface area contributed by atoms with Crippen LogP contribution in [0.4, 0.5) is 0 Å². The number of fused-ring (bicyclic) bond motifs is 9. The molecular formula is C48H31N3.